The van der Waals surface area contributed by atoms with Gasteiger partial charge in [-0.1, -0.05) is 60.7 Å². The summed E-state index contributed by atoms with van der Waals surface area (Å²) in [7, 11) is -6.35. The molecule has 2 fully saturated rings. The number of carbonyl (C=O) groups is 2. The third-order valence-electron chi connectivity index (χ3n) is 9.70. The highest BCUT2D eigenvalue weighted by Gasteiger charge is 2.68. The van der Waals surface area contributed by atoms with Gasteiger partial charge in [0.15, 0.2) is 25.0 Å². The van der Waals surface area contributed by atoms with Crippen LogP contribution in [-0.2, 0) is 54.6 Å². The Labute approximate surface area is 356 Å². The number of amides is 2. The minimum absolute atomic E-state index is 0.0473. The summed E-state index contributed by atoms with van der Waals surface area (Å²) in [5, 5.41) is 0. The third kappa shape index (κ3) is 12.2. The highest BCUT2D eigenvalue weighted by atomic mass is 28.4. The molecule has 2 aromatic rings. The molecule has 0 unspecified atom stereocenters. The van der Waals surface area contributed by atoms with Crippen LogP contribution >= 0.6 is 0 Å². The Hall–Kier alpha value is -2.85. The fourth-order valence-corrected chi connectivity index (χ4v) is 11.9. The molecule has 2 amide bonds. The normalized spacial score (nSPS) is 28.7. The Balaban J connectivity index is 1.70. The number of fused-ring (bicyclic) bond motifs is 2. The first-order valence-corrected chi connectivity index (χ1v) is 34.2. The molecule has 2 aliphatic heterocycles. The average molecular weight is 889 g/mol. The second-order valence-corrected chi connectivity index (χ2v) is 37.4. The molecule has 2 aromatic carbocycles. The van der Waals surface area contributed by atoms with Gasteiger partial charge in [0.25, 0.3) is 5.79 Å². The number of rotatable bonds is 14. The fourth-order valence-electron chi connectivity index (χ4n) is 7.66. The van der Waals surface area contributed by atoms with Crippen LogP contribution in [0.3, 0.4) is 0 Å². The van der Waals surface area contributed by atoms with Crippen molar-refractivity contribution in [3.8, 4) is 0 Å². The summed E-state index contributed by atoms with van der Waals surface area (Å²) in [5.74, 6) is -1.14. The van der Waals surface area contributed by atoms with Gasteiger partial charge in [0.2, 0.25) is 14.6 Å². The molecule has 2 heterocycles. The highest BCUT2D eigenvalue weighted by molar-refractivity contribution is 6.71. The third-order valence-corrected chi connectivity index (χ3v) is 13.4. The van der Waals surface area contributed by atoms with Gasteiger partial charge in [0.05, 0.1) is 30.4 Å². The van der Waals surface area contributed by atoms with E-state index in [9.17, 15) is 9.59 Å². The van der Waals surface area contributed by atoms with Gasteiger partial charge >= 0.3 is 12.2 Å². The van der Waals surface area contributed by atoms with Gasteiger partial charge in [-0.05, 0) is 103 Å². The second kappa shape index (κ2) is 18.2. The zero-order valence-corrected chi connectivity index (χ0v) is 41.8. The maximum absolute atomic E-state index is 14.4. The topological polar surface area (TPSA) is 124 Å². The molecule has 3 aliphatic rings. The molecule has 0 N–H and O–H groups in total. The van der Waals surface area contributed by atoms with Crippen LogP contribution in [0.15, 0.2) is 72.5 Å². The number of hydrogen-bond acceptors (Lipinski definition) is 11. The first kappa shape index (κ1) is 47.2. The Bertz CT molecular complexity index is 1760. The van der Waals surface area contributed by atoms with E-state index < -0.39 is 100 Å². The van der Waals surface area contributed by atoms with Crippen molar-refractivity contribution in [2.24, 2.45) is 0 Å². The predicted molar refractivity (Wildman–Crippen MR) is 237 cm³/mol. The predicted octanol–water partition coefficient (Wildman–Crippen LogP) is 8.53. The quantitative estimate of drug-likeness (QED) is 0.170. The van der Waals surface area contributed by atoms with E-state index in [0.29, 0.717) is 5.76 Å². The molecule has 1 aliphatic carbocycles. The molecule has 0 radical (unpaired) electrons. The maximum atomic E-state index is 14.4. The molecule has 1 saturated heterocycles. The Morgan fingerprint density at radius 1 is 0.627 bits per heavy atom. The summed E-state index contributed by atoms with van der Waals surface area (Å²) in [4.78, 5) is 31.8. The molecule has 17 heteroatoms. The van der Waals surface area contributed by atoms with Crippen LogP contribution in [0.25, 0.3) is 0 Å². The summed E-state index contributed by atoms with van der Waals surface area (Å²) in [6.07, 6.45) is -4.31. The van der Waals surface area contributed by atoms with Crippen LogP contribution in [0.5, 0.6) is 0 Å². The maximum Gasteiger partial charge on any atom is 0.410 e. The van der Waals surface area contributed by atoms with Crippen LogP contribution in [0.4, 0.5) is 9.59 Å². The van der Waals surface area contributed by atoms with Crippen molar-refractivity contribution in [2.45, 2.75) is 153 Å². The van der Waals surface area contributed by atoms with Crippen molar-refractivity contribution in [3.05, 3.63) is 83.6 Å². The van der Waals surface area contributed by atoms with E-state index in [1.54, 1.807) is 19.0 Å². The molecule has 0 aromatic heterocycles. The highest BCUT2D eigenvalue weighted by Crippen LogP contribution is 2.49. The summed E-state index contributed by atoms with van der Waals surface area (Å²) < 4.78 is 61.5. The molecule has 0 bridgehead atoms. The van der Waals surface area contributed by atoms with E-state index >= 15 is 0 Å². The molecule has 13 nitrogen and oxygen atoms in total. The standard InChI is InChI=1S/C42H68N2O11Si4/c1-29-26-32(52-56(4,5)6)42(55-59(13,14)15)39(49-29)50-38-36(51-42)33(43(2)40(45)47-27-30-22-18-16-19-23-30)35(53-57(7,8)9)34(37(38)54-58(10,11)12)44(3)41(46)48-28-31-24-20-17-21-25-31/h16-26,29,33-39H,27-28H2,1-15H3/t29-,33+,34-,35-,36-,37+,38+,39+,42-/m1/s1. The zero-order valence-electron chi connectivity index (χ0n) is 37.8. The van der Waals surface area contributed by atoms with Crippen molar-refractivity contribution >= 4 is 45.5 Å². The molecule has 59 heavy (non-hydrogen) atoms. The zero-order chi connectivity index (χ0) is 43.7. The number of hydrogen-bond donors (Lipinski definition) is 0. The van der Waals surface area contributed by atoms with Gasteiger partial charge in [0.1, 0.15) is 31.2 Å². The lowest BCUT2D eigenvalue weighted by Gasteiger charge is -2.61. The van der Waals surface area contributed by atoms with Crippen LogP contribution in [-0.4, -0.2) is 124 Å². The molecular weight excluding hydrogens is 821 g/mol. The fraction of sp³-hybridized carbons (Fsp3) is 0.619. The van der Waals surface area contributed by atoms with E-state index in [1.807, 2.05) is 73.7 Å². The average Bonchev–Trinajstić information content (AvgIpc) is 3.11. The number of nitrogens with zero attached hydrogens (tertiary/aromatic N) is 2. The Kier molecular flexibility index (Phi) is 14.6. The Morgan fingerprint density at radius 3 is 1.56 bits per heavy atom. The molecule has 5 rings (SSSR count). The summed E-state index contributed by atoms with van der Waals surface area (Å²) in [5.41, 5.74) is 1.68. The summed E-state index contributed by atoms with van der Waals surface area (Å²) >= 11 is 0. The summed E-state index contributed by atoms with van der Waals surface area (Å²) in [6.45, 7) is 27.1. The van der Waals surface area contributed by atoms with E-state index in [-0.39, 0.29) is 13.2 Å². The van der Waals surface area contributed by atoms with E-state index in [0.717, 1.165) is 11.1 Å². The van der Waals surface area contributed by atoms with Crippen LogP contribution < -0.4 is 0 Å². The van der Waals surface area contributed by atoms with Gasteiger partial charge in [-0.15, -0.1) is 0 Å². The smallest absolute Gasteiger partial charge is 0.410 e. The van der Waals surface area contributed by atoms with Gasteiger partial charge in [-0.3, -0.25) is 0 Å². The van der Waals surface area contributed by atoms with Crippen molar-refractivity contribution in [3.63, 3.8) is 0 Å². The van der Waals surface area contributed by atoms with Gasteiger partial charge in [-0.2, -0.15) is 0 Å². The van der Waals surface area contributed by atoms with Crippen molar-refractivity contribution < 1.29 is 51.0 Å². The first-order chi connectivity index (χ1) is 27.3. The monoisotopic (exact) mass is 888 g/mol. The minimum atomic E-state index is -2.50. The lowest BCUT2D eigenvalue weighted by atomic mass is 9.79. The Morgan fingerprint density at radius 2 is 1.10 bits per heavy atom. The van der Waals surface area contributed by atoms with E-state index in [2.05, 4.69) is 78.6 Å². The van der Waals surface area contributed by atoms with E-state index in [1.165, 1.54) is 4.90 Å². The minimum Gasteiger partial charge on any atom is -0.544 e. The van der Waals surface area contributed by atoms with Gasteiger partial charge in [-0.25, -0.2) is 9.59 Å². The van der Waals surface area contributed by atoms with Gasteiger partial charge in [0, 0.05) is 14.1 Å². The number of benzene rings is 2. The molecular formula is C42H68N2O11Si4. The number of carbonyl (C=O) groups excluding carboxylic acids is 2. The van der Waals surface area contributed by atoms with Crippen molar-refractivity contribution in [1.29, 1.82) is 0 Å². The molecule has 328 valence electrons. The molecule has 9 atom stereocenters. The first-order valence-electron chi connectivity index (χ1n) is 20.6. The number of likely N-dealkylation sites (N-methyl/N-ethyl adjacent to an activating group) is 2. The lowest BCUT2D eigenvalue weighted by molar-refractivity contribution is -0.421. The van der Waals surface area contributed by atoms with Crippen molar-refractivity contribution in [2.75, 3.05) is 14.1 Å². The largest absolute Gasteiger partial charge is 0.544 e. The number of ether oxygens (including phenoxy) is 5. The van der Waals surface area contributed by atoms with E-state index in [4.69, 9.17) is 41.4 Å². The molecule has 0 spiro atoms. The second-order valence-electron chi connectivity index (χ2n) is 19.7. The van der Waals surface area contributed by atoms with Crippen LogP contribution in [0.1, 0.15) is 18.1 Å². The van der Waals surface area contributed by atoms with Gasteiger partial charge < -0.3 is 51.2 Å². The van der Waals surface area contributed by atoms with Crippen LogP contribution in [0, 0.1) is 0 Å². The molecule has 1 saturated carbocycles. The van der Waals surface area contributed by atoms with Crippen molar-refractivity contribution in [1.82, 2.24) is 9.80 Å². The summed E-state index contributed by atoms with van der Waals surface area (Å²) in [6, 6.07) is 17.3. The SMILES string of the molecule is C[C@@H]1C=C(O[Si](C)(C)C)[C@]2(O[Si](C)(C)C)O[C@H]3[C@H](O[C@@H]2O1)[C@@H](O[Si](C)(C)C)[C@H](N(C)C(=O)OCc1ccccc1)[C@H](O[Si](C)(C)C)[C@@H]3N(C)C(=O)OCc1ccccc1. The van der Waals surface area contributed by atoms with Crippen LogP contribution in [0.2, 0.25) is 78.6 Å². The lowest BCUT2D eigenvalue weighted by Crippen LogP contribution is -2.80.